The van der Waals surface area contributed by atoms with Crippen LogP contribution in [0.4, 0.5) is 4.79 Å². The van der Waals surface area contributed by atoms with Crippen LogP contribution in [0.2, 0.25) is 0 Å². The number of ether oxygens (including phenoxy) is 2. The summed E-state index contributed by atoms with van der Waals surface area (Å²) >= 11 is 0. The lowest BCUT2D eigenvalue weighted by molar-refractivity contribution is -0.0602. The summed E-state index contributed by atoms with van der Waals surface area (Å²) in [6.45, 7) is 4.30. The summed E-state index contributed by atoms with van der Waals surface area (Å²) in [5, 5.41) is 3.37. The number of amides is 1. The molecule has 0 radical (unpaired) electrons. The van der Waals surface area contributed by atoms with E-state index in [9.17, 15) is 4.79 Å². The topological polar surface area (TPSA) is 50.8 Å². The van der Waals surface area contributed by atoms with Gasteiger partial charge in [-0.15, -0.1) is 0 Å². The van der Waals surface area contributed by atoms with Gasteiger partial charge in [0.05, 0.1) is 19.3 Å². The van der Waals surface area contributed by atoms with E-state index < -0.39 is 0 Å². The van der Waals surface area contributed by atoms with Gasteiger partial charge in [0.25, 0.3) is 0 Å². The van der Waals surface area contributed by atoms with E-state index in [-0.39, 0.29) is 12.2 Å². The maximum absolute atomic E-state index is 12.2. The number of nitrogens with zero attached hydrogens (tertiary/aromatic N) is 1. The molecule has 22 heavy (non-hydrogen) atoms. The zero-order valence-electron chi connectivity index (χ0n) is 12.9. The van der Waals surface area contributed by atoms with E-state index in [2.05, 4.69) is 5.32 Å². The number of piperidine rings is 1. The molecule has 5 heteroatoms. The Balaban J connectivity index is 1.49. The molecule has 5 nitrogen and oxygen atoms in total. The van der Waals surface area contributed by atoms with Gasteiger partial charge < -0.3 is 19.7 Å². The molecule has 0 aliphatic carbocycles. The maximum atomic E-state index is 12.2. The van der Waals surface area contributed by atoms with Crippen molar-refractivity contribution in [2.45, 2.75) is 25.6 Å². The van der Waals surface area contributed by atoms with Gasteiger partial charge in [0.15, 0.2) is 0 Å². The van der Waals surface area contributed by atoms with Crippen molar-refractivity contribution in [2.75, 3.05) is 32.8 Å². The van der Waals surface area contributed by atoms with E-state index >= 15 is 0 Å². The second-order valence-corrected chi connectivity index (χ2v) is 5.98. The fraction of sp³-hybridized carbons (Fsp3) is 0.588. The normalized spacial score (nSPS) is 23.3. The molecule has 1 aromatic carbocycles. The van der Waals surface area contributed by atoms with Crippen molar-refractivity contribution in [1.82, 2.24) is 10.2 Å². The first-order chi connectivity index (χ1) is 10.8. The number of benzene rings is 1. The van der Waals surface area contributed by atoms with Crippen LogP contribution in [0.15, 0.2) is 30.3 Å². The lowest BCUT2D eigenvalue weighted by Gasteiger charge is -2.38. The fourth-order valence-electron chi connectivity index (χ4n) is 3.15. The van der Waals surface area contributed by atoms with Crippen molar-refractivity contribution in [3.05, 3.63) is 35.9 Å². The molecule has 1 aromatic rings. The molecular formula is C17H24N2O3. The van der Waals surface area contributed by atoms with E-state index in [0.717, 1.165) is 31.5 Å². The third kappa shape index (κ3) is 3.99. The van der Waals surface area contributed by atoms with Crippen LogP contribution in [-0.4, -0.2) is 49.9 Å². The van der Waals surface area contributed by atoms with Gasteiger partial charge in [-0.1, -0.05) is 30.3 Å². The summed E-state index contributed by atoms with van der Waals surface area (Å²) in [6, 6.07) is 9.78. The predicted molar refractivity (Wildman–Crippen MR) is 83.5 cm³/mol. The molecule has 0 spiro atoms. The highest BCUT2D eigenvalue weighted by Gasteiger charge is 2.31. The first kappa shape index (κ1) is 15.3. The molecule has 2 aliphatic rings. The molecule has 0 aromatic heterocycles. The molecular weight excluding hydrogens is 280 g/mol. The lowest BCUT2D eigenvalue weighted by atomic mass is 9.91. The average molecular weight is 304 g/mol. The molecule has 2 aliphatic heterocycles. The van der Waals surface area contributed by atoms with Crippen LogP contribution in [0, 0.1) is 5.92 Å². The van der Waals surface area contributed by atoms with Crippen molar-refractivity contribution in [2.24, 2.45) is 5.92 Å². The third-order valence-corrected chi connectivity index (χ3v) is 4.47. The van der Waals surface area contributed by atoms with Gasteiger partial charge in [0, 0.05) is 6.54 Å². The van der Waals surface area contributed by atoms with Gasteiger partial charge in [-0.3, -0.25) is 0 Å². The zero-order chi connectivity index (χ0) is 15.2. The highest BCUT2D eigenvalue weighted by atomic mass is 16.6. The van der Waals surface area contributed by atoms with Crippen LogP contribution < -0.4 is 5.32 Å². The summed E-state index contributed by atoms with van der Waals surface area (Å²) in [7, 11) is 0. The SMILES string of the molecule is O=C(OCc1ccccc1)N1CCOC(C2CCNCC2)C1. The van der Waals surface area contributed by atoms with Crippen molar-refractivity contribution < 1.29 is 14.3 Å². The summed E-state index contributed by atoms with van der Waals surface area (Å²) in [5.74, 6) is 0.547. The predicted octanol–water partition coefficient (Wildman–Crippen LogP) is 2.02. The van der Waals surface area contributed by atoms with Crippen LogP contribution in [0.25, 0.3) is 0 Å². The molecule has 1 unspecified atom stereocenters. The number of nitrogens with one attached hydrogen (secondary N) is 1. The largest absolute Gasteiger partial charge is 0.445 e. The van der Waals surface area contributed by atoms with Crippen LogP contribution in [0.1, 0.15) is 18.4 Å². The monoisotopic (exact) mass is 304 g/mol. The third-order valence-electron chi connectivity index (χ3n) is 4.47. The minimum atomic E-state index is -0.230. The van der Waals surface area contributed by atoms with Crippen LogP contribution in [-0.2, 0) is 16.1 Å². The van der Waals surface area contributed by atoms with Gasteiger partial charge in [0.2, 0.25) is 0 Å². The number of carbonyl (C=O) groups is 1. The second kappa shape index (κ2) is 7.61. The molecule has 1 amide bonds. The summed E-state index contributed by atoms with van der Waals surface area (Å²) in [4.78, 5) is 14.0. The van der Waals surface area contributed by atoms with Crippen LogP contribution in [0.5, 0.6) is 0 Å². The second-order valence-electron chi connectivity index (χ2n) is 5.98. The van der Waals surface area contributed by atoms with E-state index in [0.29, 0.717) is 32.2 Å². The first-order valence-corrected chi connectivity index (χ1v) is 8.11. The molecule has 1 atom stereocenters. The Morgan fingerprint density at radius 2 is 2.05 bits per heavy atom. The summed E-state index contributed by atoms with van der Waals surface area (Å²) < 4.78 is 11.3. The van der Waals surface area contributed by atoms with E-state index in [4.69, 9.17) is 9.47 Å². The van der Waals surface area contributed by atoms with Crippen LogP contribution >= 0.6 is 0 Å². The number of rotatable bonds is 3. The Kier molecular flexibility index (Phi) is 5.29. The van der Waals surface area contributed by atoms with Crippen molar-refractivity contribution in [3.8, 4) is 0 Å². The standard InChI is InChI=1S/C17H24N2O3/c20-17(22-13-14-4-2-1-3-5-14)19-10-11-21-16(12-19)15-6-8-18-9-7-15/h1-5,15-16,18H,6-13H2. The highest BCUT2D eigenvalue weighted by Crippen LogP contribution is 2.22. The Labute approximate surface area is 131 Å². The van der Waals surface area contributed by atoms with Crippen molar-refractivity contribution >= 4 is 6.09 Å². The molecule has 2 heterocycles. The zero-order valence-corrected chi connectivity index (χ0v) is 12.9. The van der Waals surface area contributed by atoms with Gasteiger partial charge in [-0.2, -0.15) is 0 Å². The number of hydrogen-bond acceptors (Lipinski definition) is 4. The quantitative estimate of drug-likeness (QED) is 0.928. The number of carbonyl (C=O) groups excluding carboxylic acids is 1. The van der Waals surface area contributed by atoms with Gasteiger partial charge in [-0.25, -0.2) is 4.79 Å². The molecule has 2 saturated heterocycles. The molecule has 1 N–H and O–H groups in total. The number of morpholine rings is 1. The smallest absolute Gasteiger partial charge is 0.410 e. The highest BCUT2D eigenvalue weighted by molar-refractivity contribution is 5.67. The molecule has 0 bridgehead atoms. The lowest BCUT2D eigenvalue weighted by Crippen LogP contribution is -2.50. The maximum Gasteiger partial charge on any atom is 0.410 e. The molecule has 0 saturated carbocycles. The Hall–Kier alpha value is -1.59. The molecule has 2 fully saturated rings. The average Bonchev–Trinajstić information content (AvgIpc) is 2.61. The number of hydrogen-bond donors (Lipinski definition) is 1. The first-order valence-electron chi connectivity index (χ1n) is 8.11. The van der Waals surface area contributed by atoms with Gasteiger partial charge >= 0.3 is 6.09 Å². The Bertz CT molecular complexity index is 474. The molecule has 120 valence electrons. The van der Waals surface area contributed by atoms with Gasteiger partial charge in [0.1, 0.15) is 6.61 Å². The van der Waals surface area contributed by atoms with Crippen molar-refractivity contribution in [3.63, 3.8) is 0 Å². The van der Waals surface area contributed by atoms with Crippen LogP contribution in [0.3, 0.4) is 0 Å². The minimum Gasteiger partial charge on any atom is -0.445 e. The van der Waals surface area contributed by atoms with E-state index in [1.165, 1.54) is 0 Å². The molecule has 3 rings (SSSR count). The van der Waals surface area contributed by atoms with Crippen molar-refractivity contribution in [1.29, 1.82) is 0 Å². The minimum absolute atomic E-state index is 0.153. The Morgan fingerprint density at radius 3 is 2.82 bits per heavy atom. The van der Waals surface area contributed by atoms with E-state index in [1.807, 2.05) is 30.3 Å². The van der Waals surface area contributed by atoms with E-state index in [1.54, 1.807) is 4.90 Å². The Morgan fingerprint density at radius 1 is 1.27 bits per heavy atom. The summed E-state index contributed by atoms with van der Waals surface area (Å²) in [5.41, 5.74) is 1.01. The van der Waals surface area contributed by atoms with Gasteiger partial charge in [-0.05, 0) is 37.4 Å². The fourth-order valence-corrected chi connectivity index (χ4v) is 3.15. The summed E-state index contributed by atoms with van der Waals surface area (Å²) in [6.07, 6.45) is 2.17.